The van der Waals surface area contributed by atoms with Crippen LogP contribution in [0.1, 0.15) is 66.2 Å². The molecule has 2 aliphatic heterocycles. The third-order valence-electron chi connectivity index (χ3n) is 6.71. The van der Waals surface area contributed by atoms with Crippen molar-refractivity contribution >= 4 is 26.4 Å². The van der Waals surface area contributed by atoms with Crippen molar-refractivity contribution in [3.8, 4) is 5.75 Å². The van der Waals surface area contributed by atoms with Crippen molar-refractivity contribution in [2.75, 3.05) is 6.61 Å². The summed E-state index contributed by atoms with van der Waals surface area (Å²) < 4.78 is 5.75. The SMILES string of the molecule is C=C1NC(C)(CC)CC(=O)N1Cc1cc(C(=O)NC2CCOc3ccc(P)cc32)ccc1C. The number of benzene rings is 2. The Balaban J connectivity index is 1.51. The molecular formula is C26H32N3O3P. The fourth-order valence-corrected chi connectivity index (χ4v) is 4.67. The van der Waals surface area contributed by atoms with Gasteiger partial charge >= 0.3 is 0 Å². The number of amides is 2. The van der Waals surface area contributed by atoms with Gasteiger partial charge in [0.15, 0.2) is 0 Å². The van der Waals surface area contributed by atoms with Gasteiger partial charge in [0, 0.05) is 29.5 Å². The summed E-state index contributed by atoms with van der Waals surface area (Å²) in [5.74, 6) is 1.33. The second-order valence-electron chi connectivity index (χ2n) is 9.24. The minimum Gasteiger partial charge on any atom is -0.493 e. The summed E-state index contributed by atoms with van der Waals surface area (Å²) in [7, 11) is 2.69. The van der Waals surface area contributed by atoms with E-state index in [4.69, 9.17) is 4.74 Å². The van der Waals surface area contributed by atoms with E-state index in [1.165, 1.54) is 0 Å². The Morgan fingerprint density at radius 3 is 2.85 bits per heavy atom. The average molecular weight is 466 g/mol. The van der Waals surface area contributed by atoms with Crippen molar-refractivity contribution in [2.24, 2.45) is 0 Å². The second kappa shape index (κ2) is 9.18. The van der Waals surface area contributed by atoms with Crippen LogP contribution in [0.3, 0.4) is 0 Å². The van der Waals surface area contributed by atoms with Crippen LogP contribution in [-0.4, -0.2) is 28.9 Å². The van der Waals surface area contributed by atoms with Gasteiger partial charge in [-0.25, -0.2) is 0 Å². The minimum absolute atomic E-state index is 0.0457. The molecule has 174 valence electrons. The van der Waals surface area contributed by atoms with E-state index in [0.29, 0.717) is 31.0 Å². The maximum absolute atomic E-state index is 13.1. The van der Waals surface area contributed by atoms with Crippen LogP contribution in [0.5, 0.6) is 5.75 Å². The van der Waals surface area contributed by atoms with Gasteiger partial charge in [0.1, 0.15) is 11.6 Å². The van der Waals surface area contributed by atoms with Crippen LogP contribution in [0.25, 0.3) is 0 Å². The number of hydrogen-bond acceptors (Lipinski definition) is 4. The highest BCUT2D eigenvalue weighted by molar-refractivity contribution is 7.27. The summed E-state index contributed by atoms with van der Waals surface area (Å²) >= 11 is 0. The summed E-state index contributed by atoms with van der Waals surface area (Å²) in [5.41, 5.74) is 3.26. The van der Waals surface area contributed by atoms with Gasteiger partial charge < -0.3 is 15.4 Å². The van der Waals surface area contributed by atoms with Crippen LogP contribution in [0.15, 0.2) is 48.8 Å². The van der Waals surface area contributed by atoms with E-state index in [1.54, 1.807) is 4.90 Å². The molecule has 0 aliphatic carbocycles. The molecule has 2 heterocycles. The third-order valence-corrected chi connectivity index (χ3v) is 7.07. The Morgan fingerprint density at radius 1 is 1.33 bits per heavy atom. The number of nitrogens with zero attached hydrogens (tertiary/aromatic N) is 1. The number of rotatable bonds is 5. The molecule has 33 heavy (non-hydrogen) atoms. The lowest BCUT2D eigenvalue weighted by Gasteiger charge is -2.41. The van der Waals surface area contributed by atoms with Crippen molar-refractivity contribution < 1.29 is 14.3 Å². The van der Waals surface area contributed by atoms with Crippen LogP contribution >= 0.6 is 9.24 Å². The molecule has 7 heteroatoms. The van der Waals surface area contributed by atoms with E-state index in [0.717, 1.165) is 40.6 Å². The number of aryl methyl sites for hydroxylation is 1. The lowest BCUT2D eigenvalue weighted by molar-refractivity contribution is -0.134. The second-order valence-corrected chi connectivity index (χ2v) is 9.91. The first-order chi connectivity index (χ1) is 15.7. The van der Waals surface area contributed by atoms with Crippen molar-refractivity contribution in [1.29, 1.82) is 0 Å². The van der Waals surface area contributed by atoms with Gasteiger partial charge in [-0.3, -0.25) is 14.5 Å². The lowest BCUT2D eigenvalue weighted by atomic mass is 9.91. The zero-order chi connectivity index (χ0) is 23.8. The monoisotopic (exact) mass is 465 g/mol. The van der Waals surface area contributed by atoms with Gasteiger partial charge in [-0.1, -0.05) is 25.6 Å². The summed E-state index contributed by atoms with van der Waals surface area (Å²) in [4.78, 5) is 27.7. The summed E-state index contributed by atoms with van der Waals surface area (Å²) in [5, 5.41) is 7.60. The van der Waals surface area contributed by atoms with Crippen LogP contribution in [0, 0.1) is 6.92 Å². The number of carbonyl (C=O) groups is 2. The molecule has 1 fully saturated rings. The highest BCUT2D eigenvalue weighted by Gasteiger charge is 2.35. The third kappa shape index (κ3) is 4.91. The van der Waals surface area contributed by atoms with Crippen molar-refractivity contribution in [2.45, 2.75) is 58.2 Å². The van der Waals surface area contributed by atoms with Crippen LogP contribution in [-0.2, 0) is 11.3 Å². The maximum Gasteiger partial charge on any atom is 0.251 e. The molecule has 0 bridgehead atoms. The molecule has 4 rings (SSSR count). The Bertz CT molecular complexity index is 1100. The van der Waals surface area contributed by atoms with Crippen molar-refractivity contribution in [1.82, 2.24) is 15.5 Å². The lowest BCUT2D eigenvalue weighted by Crippen LogP contribution is -2.55. The Hall–Kier alpha value is -2.85. The van der Waals surface area contributed by atoms with Gasteiger partial charge in [-0.05, 0) is 61.0 Å². The topological polar surface area (TPSA) is 70.7 Å². The molecule has 0 aromatic heterocycles. The molecule has 2 aliphatic rings. The summed E-state index contributed by atoms with van der Waals surface area (Å²) in [6, 6.07) is 11.5. The Labute approximate surface area is 198 Å². The molecule has 1 saturated heterocycles. The molecule has 2 N–H and O–H groups in total. The summed E-state index contributed by atoms with van der Waals surface area (Å²) in [6.45, 7) is 11.1. The molecule has 3 atom stereocenters. The number of hydrogen-bond donors (Lipinski definition) is 2. The van der Waals surface area contributed by atoms with E-state index in [1.807, 2.05) is 50.2 Å². The Kier molecular flexibility index (Phi) is 6.49. The van der Waals surface area contributed by atoms with Gasteiger partial charge in [0.05, 0.1) is 19.2 Å². The average Bonchev–Trinajstić information content (AvgIpc) is 2.77. The van der Waals surface area contributed by atoms with Gasteiger partial charge in [0.25, 0.3) is 5.91 Å². The zero-order valence-electron chi connectivity index (χ0n) is 19.5. The van der Waals surface area contributed by atoms with Crippen LogP contribution in [0.2, 0.25) is 0 Å². The van der Waals surface area contributed by atoms with Gasteiger partial charge in [-0.2, -0.15) is 0 Å². The minimum atomic E-state index is -0.266. The number of nitrogens with one attached hydrogen (secondary N) is 2. The quantitative estimate of drug-likeness (QED) is 0.661. The largest absolute Gasteiger partial charge is 0.493 e. The van der Waals surface area contributed by atoms with Crippen LogP contribution in [0.4, 0.5) is 0 Å². The molecule has 6 nitrogen and oxygen atoms in total. The van der Waals surface area contributed by atoms with Crippen molar-refractivity contribution in [3.63, 3.8) is 0 Å². The molecule has 0 radical (unpaired) electrons. The van der Waals surface area contributed by atoms with E-state index in [-0.39, 0.29) is 23.4 Å². The maximum atomic E-state index is 13.1. The number of ether oxygens (including phenoxy) is 1. The fourth-order valence-electron chi connectivity index (χ4n) is 4.39. The molecule has 2 aromatic rings. The van der Waals surface area contributed by atoms with Crippen LogP contribution < -0.4 is 20.7 Å². The molecule has 2 aromatic carbocycles. The Morgan fingerprint density at radius 2 is 2.12 bits per heavy atom. The predicted molar refractivity (Wildman–Crippen MR) is 133 cm³/mol. The van der Waals surface area contributed by atoms with E-state index >= 15 is 0 Å². The highest BCUT2D eigenvalue weighted by Crippen LogP contribution is 2.32. The van der Waals surface area contributed by atoms with E-state index < -0.39 is 0 Å². The standard InChI is InChI=1S/C26H32N3O3P/c1-5-26(4)14-24(30)29(17(3)28-26)15-19-12-18(7-6-16(19)2)25(31)27-22-10-11-32-23-9-8-20(33)13-21(22)23/h6-9,12-13,22,28H,3,5,10-11,14-15,33H2,1-2,4H3,(H,27,31). The molecule has 3 unspecified atom stereocenters. The smallest absolute Gasteiger partial charge is 0.251 e. The normalized spacial score (nSPS) is 22.3. The molecular weight excluding hydrogens is 433 g/mol. The van der Waals surface area contributed by atoms with E-state index in [2.05, 4.69) is 33.4 Å². The van der Waals surface area contributed by atoms with Gasteiger partial charge in [0.2, 0.25) is 5.91 Å². The predicted octanol–water partition coefficient (Wildman–Crippen LogP) is 3.71. The first-order valence-electron chi connectivity index (χ1n) is 11.4. The first-order valence-corrected chi connectivity index (χ1v) is 12.0. The molecule has 0 saturated carbocycles. The van der Waals surface area contributed by atoms with Gasteiger partial charge in [-0.15, -0.1) is 9.24 Å². The zero-order valence-corrected chi connectivity index (χ0v) is 20.7. The summed E-state index contributed by atoms with van der Waals surface area (Å²) in [6.07, 6.45) is 1.98. The molecule has 2 amide bonds. The van der Waals surface area contributed by atoms with E-state index in [9.17, 15) is 9.59 Å². The number of carbonyl (C=O) groups excluding carboxylic acids is 2. The number of fused-ring (bicyclic) bond motifs is 1. The first kappa shape index (κ1) is 23.3. The highest BCUT2D eigenvalue weighted by atomic mass is 31.0. The fraction of sp³-hybridized carbons (Fsp3) is 0.385. The van der Waals surface area contributed by atoms with Crippen molar-refractivity contribution in [3.05, 3.63) is 71.1 Å². The molecule has 0 spiro atoms.